The number of sulfonamides is 1. The van der Waals surface area contributed by atoms with E-state index in [1.807, 2.05) is 38.1 Å². The molecule has 0 heterocycles. The Morgan fingerprint density at radius 2 is 1.61 bits per heavy atom. The molecular weight excluding hydrogens is 412 g/mol. The molecular formula is C24H26N2O4S. The summed E-state index contributed by atoms with van der Waals surface area (Å²) in [6.45, 7) is 5.48. The Morgan fingerprint density at radius 3 is 2.29 bits per heavy atom. The van der Waals surface area contributed by atoms with Crippen molar-refractivity contribution in [3.8, 4) is 5.75 Å². The van der Waals surface area contributed by atoms with E-state index in [1.54, 1.807) is 56.5 Å². The fourth-order valence-electron chi connectivity index (χ4n) is 3.29. The number of carbonyl (C=O) groups is 1. The maximum Gasteiger partial charge on any atom is 0.261 e. The third-order valence-electron chi connectivity index (χ3n) is 5.11. The number of ether oxygens (including phenoxy) is 1. The van der Waals surface area contributed by atoms with E-state index in [0.717, 1.165) is 11.1 Å². The van der Waals surface area contributed by atoms with E-state index in [4.69, 9.17) is 4.74 Å². The van der Waals surface area contributed by atoms with Gasteiger partial charge in [-0.3, -0.25) is 9.52 Å². The largest absolute Gasteiger partial charge is 0.496 e. The number of aryl methyl sites for hydroxylation is 1. The fraction of sp³-hybridized carbons (Fsp3) is 0.208. The van der Waals surface area contributed by atoms with Crippen molar-refractivity contribution in [3.05, 3.63) is 89.0 Å². The number of nitrogens with one attached hydrogen (secondary N) is 2. The summed E-state index contributed by atoms with van der Waals surface area (Å²) in [6, 6.07) is 18.7. The number of rotatable bonds is 7. The van der Waals surface area contributed by atoms with Gasteiger partial charge in [0, 0.05) is 11.1 Å². The summed E-state index contributed by atoms with van der Waals surface area (Å²) >= 11 is 0. The molecule has 0 saturated carbocycles. The van der Waals surface area contributed by atoms with Crippen LogP contribution >= 0.6 is 0 Å². The van der Waals surface area contributed by atoms with Crippen molar-refractivity contribution in [1.29, 1.82) is 0 Å². The molecule has 0 aliphatic rings. The van der Waals surface area contributed by atoms with E-state index in [2.05, 4.69) is 10.0 Å². The van der Waals surface area contributed by atoms with Gasteiger partial charge in [-0.05, 0) is 56.7 Å². The van der Waals surface area contributed by atoms with Gasteiger partial charge < -0.3 is 10.1 Å². The van der Waals surface area contributed by atoms with Crippen molar-refractivity contribution in [2.45, 2.75) is 31.7 Å². The number of benzene rings is 3. The monoisotopic (exact) mass is 438 g/mol. The molecule has 7 heteroatoms. The van der Waals surface area contributed by atoms with Gasteiger partial charge in [-0.25, -0.2) is 8.42 Å². The smallest absolute Gasteiger partial charge is 0.261 e. The van der Waals surface area contributed by atoms with Gasteiger partial charge in [-0.15, -0.1) is 0 Å². The first kappa shape index (κ1) is 22.4. The van der Waals surface area contributed by atoms with E-state index in [-0.39, 0.29) is 16.8 Å². The molecule has 0 spiro atoms. The topological polar surface area (TPSA) is 84.5 Å². The lowest BCUT2D eigenvalue weighted by molar-refractivity contribution is 0.0939. The molecule has 3 rings (SSSR count). The molecule has 0 saturated heterocycles. The van der Waals surface area contributed by atoms with Gasteiger partial charge in [-0.2, -0.15) is 0 Å². The fourth-order valence-corrected chi connectivity index (χ4v) is 4.41. The SMILES string of the molecule is COc1ccccc1[C@@H](C)NC(=O)c1cccc(NS(=O)(=O)c2ccc(C)cc2)c1C. The molecule has 0 radical (unpaired) electrons. The molecule has 3 aromatic rings. The van der Waals surface area contributed by atoms with Gasteiger partial charge in [0.2, 0.25) is 0 Å². The maximum absolute atomic E-state index is 12.9. The molecule has 1 amide bonds. The van der Waals surface area contributed by atoms with E-state index in [9.17, 15) is 13.2 Å². The van der Waals surface area contributed by atoms with Gasteiger partial charge in [0.25, 0.3) is 15.9 Å². The number of anilines is 1. The predicted octanol–water partition coefficient (Wildman–Crippen LogP) is 4.60. The van der Waals surface area contributed by atoms with Gasteiger partial charge in [-0.1, -0.05) is 42.0 Å². The van der Waals surface area contributed by atoms with E-state index in [0.29, 0.717) is 22.6 Å². The van der Waals surface area contributed by atoms with Crippen LogP contribution in [0.5, 0.6) is 5.75 Å². The minimum Gasteiger partial charge on any atom is -0.496 e. The van der Waals surface area contributed by atoms with Crippen LogP contribution in [0.1, 0.15) is 40.0 Å². The van der Waals surface area contributed by atoms with Crippen molar-refractivity contribution in [1.82, 2.24) is 5.32 Å². The molecule has 0 aliphatic heterocycles. The second-order valence-electron chi connectivity index (χ2n) is 7.33. The molecule has 3 aromatic carbocycles. The second kappa shape index (κ2) is 9.22. The molecule has 0 unspecified atom stereocenters. The van der Waals surface area contributed by atoms with E-state index < -0.39 is 10.0 Å². The predicted molar refractivity (Wildman–Crippen MR) is 122 cm³/mol. The molecule has 0 bridgehead atoms. The van der Waals surface area contributed by atoms with Gasteiger partial charge in [0.1, 0.15) is 5.75 Å². The van der Waals surface area contributed by atoms with Crippen LogP contribution in [0.25, 0.3) is 0 Å². The van der Waals surface area contributed by atoms with Gasteiger partial charge >= 0.3 is 0 Å². The highest BCUT2D eigenvalue weighted by Gasteiger charge is 2.20. The molecule has 0 aliphatic carbocycles. The molecule has 1 atom stereocenters. The Bertz CT molecular complexity index is 1190. The van der Waals surface area contributed by atoms with Crippen molar-refractivity contribution < 1.29 is 17.9 Å². The molecule has 6 nitrogen and oxygen atoms in total. The van der Waals surface area contributed by atoms with Gasteiger partial charge in [0.15, 0.2) is 0 Å². The van der Waals surface area contributed by atoms with Crippen LogP contribution in [0.15, 0.2) is 71.6 Å². The molecule has 0 aromatic heterocycles. The number of carbonyl (C=O) groups excluding carboxylic acids is 1. The summed E-state index contributed by atoms with van der Waals surface area (Å²) in [6.07, 6.45) is 0. The highest BCUT2D eigenvalue weighted by Crippen LogP contribution is 2.26. The zero-order valence-electron chi connectivity index (χ0n) is 18.0. The average Bonchev–Trinajstić information content (AvgIpc) is 2.75. The lowest BCUT2D eigenvalue weighted by Crippen LogP contribution is -2.28. The third kappa shape index (κ3) is 5.06. The Kier molecular flexibility index (Phi) is 6.65. The van der Waals surface area contributed by atoms with Gasteiger partial charge in [0.05, 0.1) is 23.7 Å². The van der Waals surface area contributed by atoms with Crippen LogP contribution in [0.3, 0.4) is 0 Å². The number of methoxy groups -OCH3 is 1. The van der Waals surface area contributed by atoms with Crippen LogP contribution < -0.4 is 14.8 Å². The van der Waals surface area contributed by atoms with Crippen LogP contribution in [-0.4, -0.2) is 21.4 Å². The van der Waals surface area contributed by atoms with Crippen molar-refractivity contribution >= 4 is 21.6 Å². The molecule has 2 N–H and O–H groups in total. The number of hydrogen-bond donors (Lipinski definition) is 2. The summed E-state index contributed by atoms with van der Waals surface area (Å²) in [5.41, 5.74) is 3.12. The zero-order valence-corrected chi connectivity index (χ0v) is 18.8. The third-order valence-corrected chi connectivity index (χ3v) is 6.49. The highest BCUT2D eigenvalue weighted by atomic mass is 32.2. The standard InChI is InChI=1S/C24H26N2O4S/c1-16-12-14-19(15-13-16)31(28,29)26-22-10-7-9-20(17(22)2)24(27)25-18(3)21-8-5-6-11-23(21)30-4/h5-15,18,26H,1-4H3,(H,25,27)/t18-/m1/s1. The lowest BCUT2D eigenvalue weighted by atomic mass is 10.0. The molecule has 162 valence electrons. The van der Waals surface area contributed by atoms with Crippen molar-refractivity contribution in [2.24, 2.45) is 0 Å². The van der Waals surface area contributed by atoms with Crippen LogP contribution in [0, 0.1) is 13.8 Å². The normalized spacial score (nSPS) is 12.1. The second-order valence-corrected chi connectivity index (χ2v) is 9.02. The average molecular weight is 439 g/mol. The minimum absolute atomic E-state index is 0.164. The first-order chi connectivity index (χ1) is 14.7. The summed E-state index contributed by atoms with van der Waals surface area (Å²) in [7, 11) is -2.18. The Labute approximate surface area is 183 Å². The quantitative estimate of drug-likeness (QED) is 0.564. The summed E-state index contributed by atoms with van der Waals surface area (Å²) in [5, 5.41) is 2.96. The Morgan fingerprint density at radius 1 is 0.935 bits per heavy atom. The number of para-hydroxylation sites is 1. The summed E-state index contributed by atoms with van der Waals surface area (Å²) in [5.74, 6) is 0.388. The first-order valence-corrected chi connectivity index (χ1v) is 11.3. The highest BCUT2D eigenvalue weighted by molar-refractivity contribution is 7.92. The van der Waals surface area contributed by atoms with Crippen LogP contribution in [0.2, 0.25) is 0 Å². The van der Waals surface area contributed by atoms with Crippen LogP contribution in [0.4, 0.5) is 5.69 Å². The van der Waals surface area contributed by atoms with Crippen LogP contribution in [-0.2, 0) is 10.0 Å². The number of amides is 1. The number of hydrogen-bond acceptors (Lipinski definition) is 4. The lowest BCUT2D eigenvalue weighted by Gasteiger charge is -2.19. The Hall–Kier alpha value is -3.32. The minimum atomic E-state index is -3.77. The summed E-state index contributed by atoms with van der Waals surface area (Å²) < 4.78 is 33.5. The summed E-state index contributed by atoms with van der Waals surface area (Å²) in [4.78, 5) is 13.1. The van der Waals surface area contributed by atoms with E-state index in [1.165, 1.54) is 0 Å². The molecule has 31 heavy (non-hydrogen) atoms. The molecule has 0 fully saturated rings. The first-order valence-electron chi connectivity index (χ1n) is 9.86. The van der Waals surface area contributed by atoms with Crippen molar-refractivity contribution in [2.75, 3.05) is 11.8 Å². The zero-order chi connectivity index (χ0) is 22.6. The Balaban J connectivity index is 1.83. The maximum atomic E-state index is 12.9. The van der Waals surface area contributed by atoms with Crippen molar-refractivity contribution in [3.63, 3.8) is 0 Å². The van der Waals surface area contributed by atoms with E-state index >= 15 is 0 Å².